The number of aromatic nitrogens is 2. The van der Waals surface area contributed by atoms with Gasteiger partial charge in [-0.25, -0.2) is 4.98 Å². The third-order valence-corrected chi connectivity index (χ3v) is 3.72. The summed E-state index contributed by atoms with van der Waals surface area (Å²) < 4.78 is 0. The largest absolute Gasteiger partial charge is 0.367 e. The van der Waals surface area contributed by atoms with E-state index in [-0.39, 0.29) is 0 Å². The lowest BCUT2D eigenvalue weighted by molar-refractivity contribution is 0.764. The average Bonchev–Trinajstić information content (AvgIpc) is 2.40. The SMILES string of the molecule is CCCNc1ncc(C)c(NC(C)CCSCC)n1. The van der Waals surface area contributed by atoms with Crippen LogP contribution in [0.25, 0.3) is 0 Å². The molecule has 1 heterocycles. The Morgan fingerprint density at radius 2 is 2.16 bits per heavy atom. The first-order chi connectivity index (χ1) is 9.17. The Balaban J connectivity index is 2.55. The van der Waals surface area contributed by atoms with Gasteiger partial charge in [-0.3, -0.25) is 0 Å². The van der Waals surface area contributed by atoms with E-state index in [0.29, 0.717) is 12.0 Å². The zero-order valence-electron chi connectivity index (χ0n) is 12.5. The van der Waals surface area contributed by atoms with Crippen molar-refractivity contribution < 1.29 is 0 Å². The second kappa shape index (κ2) is 9.02. The van der Waals surface area contributed by atoms with E-state index in [1.165, 1.54) is 11.5 Å². The number of nitrogens with zero attached hydrogens (tertiary/aromatic N) is 2. The van der Waals surface area contributed by atoms with Crippen LogP contribution in [0, 0.1) is 6.92 Å². The van der Waals surface area contributed by atoms with E-state index in [9.17, 15) is 0 Å². The maximum absolute atomic E-state index is 4.54. The van der Waals surface area contributed by atoms with E-state index in [2.05, 4.69) is 41.4 Å². The molecule has 0 spiro atoms. The molecule has 0 fully saturated rings. The Morgan fingerprint density at radius 1 is 1.37 bits per heavy atom. The normalized spacial score (nSPS) is 12.2. The quantitative estimate of drug-likeness (QED) is 0.678. The van der Waals surface area contributed by atoms with E-state index in [0.717, 1.165) is 30.8 Å². The molecule has 1 unspecified atom stereocenters. The van der Waals surface area contributed by atoms with Crippen molar-refractivity contribution in [3.05, 3.63) is 11.8 Å². The molecule has 0 aliphatic carbocycles. The summed E-state index contributed by atoms with van der Waals surface area (Å²) >= 11 is 1.98. The first kappa shape index (κ1) is 16.1. The molecule has 0 radical (unpaired) electrons. The molecule has 0 aliphatic heterocycles. The van der Waals surface area contributed by atoms with Crippen molar-refractivity contribution in [1.82, 2.24) is 9.97 Å². The van der Waals surface area contributed by atoms with Crippen LogP contribution in [0.2, 0.25) is 0 Å². The fraction of sp³-hybridized carbons (Fsp3) is 0.714. The van der Waals surface area contributed by atoms with Crippen molar-refractivity contribution in [2.24, 2.45) is 0 Å². The van der Waals surface area contributed by atoms with Gasteiger partial charge in [0.25, 0.3) is 0 Å². The summed E-state index contributed by atoms with van der Waals surface area (Å²) in [6, 6.07) is 0.437. The molecule has 1 aromatic rings. The molecule has 2 N–H and O–H groups in total. The van der Waals surface area contributed by atoms with Crippen LogP contribution in [-0.4, -0.2) is 34.1 Å². The van der Waals surface area contributed by atoms with Crippen molar-refractivity contribution >= 4 is 23.5 Å². The highest BCUT2D eigenvalue weighted by Gasteiger charge is 2.07. The average molecular weight is 282 g/mol. The molecule has 0 amide bonds. The summed E-state index contributed by atoms with van der Waals surface area (Å²) in [5, 5.41) is 6.70. The molecule has 1 rings (SSSR count). The highest BCUT2D eigenvalue weighted by Crippen LogP contribution is 2.15. The first-order valence-electron chi connectivity index (χ1n) is 7.09. The lowest BCUT2D eigenvalue weighted by Crippen LogP contribution is -2.18. The van der Waals surface area contributed by atoms with E-state index in [1.807, 2.05) is 24.9 Å². The number of anilines is 2. The van der Waals surface area contributed by atoms with Crippen LogP contribution >= 0.6 is 11.8 Å². The Kier molecular flexibility index (Phi) is 7.63. The fourth-order valence-corrected chi connectivity index (χ4v) is 2.43. The van der Waals surface area contributed by atoms with Crippen LogP contribution in [0.5, 0.6) is 0 Å². The molecule has 4 nitrogen and oxygen atoms in total. The molecule has 19 heavy (non-hydrogen) atoms. The van der Waals surface area contributed by atoms with Gasteiger partial charge >= 0.3 is 0 Å². The number of hydrogen-bond donors (Lipinski definition) is 2. The monoisotopic (exact) mass is 282 g/mol. The standard InChI is InChI=1S/C14H26N4S/c1-5-8-15-14-16-10-11(3)13(18-14)17-12(4)7-9-19-6-2/h10,12H,5-9H2,1-4H3,(H2,15,16,17,18). The predicted octanol–water partition coefficient (Wildman–Crippen LogP) is 3.55. The summed E-state index contributed by atoms with van der Waals surface area (Å²) in [7, 11) is 0. The zero-order chi connectivity index (χ0) is 14.1. The van der Waals surface area contributed by atoms with E-state index >= 15 is 0 Å². The summed E-state index contributed by atoms with van der Waals surface area (Å²) in [5.41, 5.74) is 1.09. The fourth-order valence-electron chi connectivity index (χ4n) is 1.62. The minimum Gasteiger partial charge on any atom is -0.367 e. The molecular formula is C14H26N4S. The van der Waals surface area contributed by atoms with Crippen LogP contribution in [0.4, 0.5) is 11.8 Å². The molecule has 0 saturated carbocycles. The van der Waals surface area contributed by atoms with Gasteiger partial charge in [-0.15, -0.1) is 0 Å². The second-order valence-electron chi connectivity index (χ2n) is 4.68. The van der Waals surface area contributed by atoms with Crippen LogP contribution in [0.15, 0.2) is 6.20 Å². The number of nitrogens with one attached hydrogen (secondary N) is 2. The van der Waals surface area contributed by atoms with Gasteiger partial charge in [0.05, 0.1) is 0 Å². The minimum atomic E-state index is 0.437. The van der Waals surface area contributed by atoms with Crippen LogP contribution in [0.1, 0.15) is 39.2 Å². The van der Waals surface area contributed by atoms with Gasteiger partial charge in [0.2, 0.25) is 5.95 Å². The molecule has 0 aromatic carbocycles. The molecule has 0 aliphatic rings. The Labute approximate surface area is 121 Å². The number of rotatable bonds is 9. The summed E-state index contributed by atoms with van der Waals surface area (Å²) in [6.45, 7) is 9.48. The number of hydrogen-bond acceptors (Lipinski definition) is 5. The summed E-state index contributed by atoms with van der Waals surface area (Å²) in [6.07, 6.45) is 4.10. The predicted molar refractivity (Wildman–Crippen MR) is 86.3 cm³/mol. The highest BCUT2D eigenvalue weighted by molar-refractivity contribution is 7.99. The maximum atomic E-state index is 4.54. The molecule has 0 saturated heterocycles. The highest BCUT2D eigenvalue weighted by atomic mass is 32.2. The Bertz CT molecular complexity index is 370. The third kappa shape index (κ3) is 6.14. The van der Waals surface area contributed by atoms with E-state index in [4.69, 9.17) is 0 Å². The first-order valence-corrected chi connectivity index (χ1v) is 8.24. The third-order valence-electron chi connectivity index (χ3n) is 2.79. The van der Waals surface area contributed by atoms with Gasteiger partial charge in [-0.2, -0.15) is 16.7 Å². The molecule has 1 atom stereocenters. The van der Waals surface area contributed by atoms with Crippen molar-refractivity contribution in [1.29, 1.82) is 0 Å². The topological polar surface area (TPSA) is 49.8 Å². The van der Waals surface area contributed by atoms with Gasteiger partial charge in [-0.1, -0.05) is 13.8 Å². The molecule has 0 bridgehead atoms. The van der Waals surface area contributed by atoms with Crippen molar-refractivity contribution in [2.45, 2.75) is 46.6 Å². The zero-order valence-corrected chi connectivity index (χ0v) is 13.3. The molecule has 1 aromatic heterocycles. The maximum Gasteiger partial charge on any atom is 0.224 e. The summed E-state index contributed by atoms with van der Waals surface area (Å²) in [5.74, 6) is 4.03. The second-order valence-corrected chi connectivity index (χ2v) is 6.08. The van der Waals surface area contributed by atoms with Crippen LogP contribution < -0.4 is 10.6 Å². The Hall–Kier alpha value is -0.970. The Morgan fingerprint density at radius 3 is 2.84 bits per heavy atom. The van der Waals surface area contributed by atoms with Crippen LogP contribution in [0.3, 0.4) is 0 Å². The summed E-state index contributed by atoms with van der Waals surface area (Å²) in [4.78, 5) is 8.83. The van der Waals surface area contributed by atoms with E-state index < -0.39 is 0 Å². The van der Waals surface area contributed by atoms with Crippen LogP contribution in [-0.2, 0) is 0 Å². The lowest BCUT2D eigenvalue weighted by Gasteiger charge is -2.16. The van der Waals surface area contributed by atoms with Crippen molar-refractivity contribution in [3.8, 4) is 0 Å². The molecular weight excluding hydrogens is 256 g/mol. The van der Waals surface area contributed by atoms with Gasteiger partial charge < -0.3 is 10.6 Å². The lowest BCUT2D eigenvalue weighted by atomic mass is 10.2. The molecule has 5 heteroatoms. The van der Waals surface area contributed by atoms with Gasteiger partial charge in [-0.05, 0) is 38.2 Å². The van der Waals surface area contributed by atoms with Gasteiger partial charge in [0.1, 0.15) is 5.82 Å². The van der Waals surface area contributed by atoms with Gasteiger partial charge in [0.15, 0.2) is 0 Å². The van der Waals surface area contributed by atoms with Crippen molar-refractivity contribution in [3.63, 3.8) is 0 Å². The smallest absolute Gasteiger partial charge is 0.224 e. The molecule has 108 valence electrons. The minimum absolute atomic E-state index is 0.437. The van der Waals surface area contributed by atoms with Gasteiger partial charge in [0, 0.05) is 24.3 Å². The van der Waals surface area contributed by atoms with Crippen molar-refractivity contribution in [2.75, 3.05) is 28.7 Å². The van der Waals surface area contributed by atoms with E-state index in [1.54, 1.807) is 0 Å². The number of aryl methyl sites for hydroxylation is 1. The number of thioether (sulfide) groups is 1.